The van der Waals surface area contributed by atoms with Gasteiger partial charge in [-0.15, -0.1) is 0 Å². The number of amides is 1. The van der Waals surface area contributed by atoms with Crippen molar-refractivity contribution in [3.05, 3.63) is 69.7 Å². The van der Waals surface area contributed by atoms with Gasteiger partial charge in [0.05, 0.1) is 12.7 Å². The molecule has 0 fully saturated rings. The monoisotopic (exact) mass is 384 g/mol. The van der Waals surface area contributed by atoms with E-state index in [-0.39, 0.29) is 5.57 Å². The average molecular weight is 385 g/mol. The van der Waals surface area contributed by atoms with E-state index in [1.54, 1.807) is 42.5 Å². The molecule has 0 unspecified atom stereocenters. The lowest BCUT2D eigenvalue weighted by molar-refractivity contribution is -0.112. The standard InChI is InChI=1S/C18H13BrN2O3/c1-24-18(23)13-7-5-12(6-8-13)9-14(11-20)17(22)21-16-4-2-3-15(19)10-16/h2-10H,1H3,(H,21,22)/b14-9-. The Labute approximate surface area is 147 Å². The first-order valence-corrected chi connectivity index (χ1v) is 7.70. The molecule has 2 aromatic rings. The van der Waals surface area contributed by atoms with Crippen molar-refractivity contribution in [2.75, 3.05) is 12.4 Å². The summed E-state index contributed by atoms with van der Waals surface area (Å²) in [5, 5.41) is 11.9. The third-order valence-corrected chi connectivity index (χ3v) is 3.58. The highest BCUT2D eigenvalue weighted by Gasteiger charge is 2.10. The first kappa shape index (κ1) is 17.4. The zero-order valence-corrected chi connectivity index (χ0v) is 14.3. The Hall–Kier alpha value is -2.91. The minimum atomic E-state index is -0.507. The molecular weight excluding hydrogens is 372 g/mol. The number of nitriles is 1. The molecule has 1 N–H and O–H groups in total. The fraction of sp³-hybridized carbons (Fsp3) is 0.0556. The molecule has 2 aromatic carbocycles. The van der Waals surface area contributed by atoms with Crippen molar-refractivity contribution in [1.29, 1.82) is 5.26 Å². The molecule has 0 aliphatic heterocycles. The third-order valence-electron chi connectivity index (χ3n) is 3.09. The van der Waals surface area contributed by atoms with Gasteiger partial charge in [-0.25, -0.2) is 4.79 Å². The number of halogens is 1. The van der Waals surface area contributed by atoms with Crippen LogP contribution in [-0.2, 0) is 9.53 Å². The number of ether oxygens (including phenoxy) is 1. The van der Waals surface area contributed by atoms with Crippen LogP contribution in [0.4, 0.5) is 5.69 Å². The van der Waals surface area contributed by atoms with Crippen molar-refractivity contribution in [3.8, 4) is 6.07 Å². The van der Waals surface area contributed by atoms with Crippen LogP contribution in [0, 0.1) is 11.3 Å². The molecule has 5 nitrogen and oxygen atoms in total. The summed E-state index contributed by atoms with van der Waals surface area (Å²) < 4.78 is 5.44. The highest BCUT2D eigenvalue weighted by atomic mass is 79.9. The van der Waals surface area contributed by atoms with Crippen LogP contribution in [0.3, 0.4) is 0 Å². The van der Waals surface area contributed by atoms with Gasteiger partial charge in [0.2, 0.25) is 0 Å². The SMILES string of the molecule is COC(=O)c1ccc(/C=C(/C#N)C(=O)Nc2cccc(Br)c2)cc1. The Kier molecular flexibility index (Phi) is 5.88. The zero-order chi connectivity index (χ0) is 17.5. The van der Waals surface area contributed by atoms with Gasteiger partial charge in [0.15, 0.2) is 0 Å². The Balaban J connectivity index is 2.18. The number of esters is 1. The predicted octanol–water partition coefficient (Wildman–Crippen LogP) is 3.78. The third kappa shape index (κ3) is 4.54. The summed E-state index contributed by atoms with van der Waals surface area (Å²) >= 11 is 3.32. The molecule has 0 aliphatic carbocycles. The molecule has 120 valence electrons. The van der Waals surface area contributed by atoms with Crippen LogP contribution in [-0.4, -0.2) is 19.0 Å². The summed E-state index contributed by atoms with van der Waals surface area (Å²) in [6.45, 7) is 0. The largest absolute Gasteiger partial charge is 0.465 e. The summed E-state index contributed by atoms with van der Waals surface area (Å²) in [4.78, 5) is 23.6. The summed E-state index contributed by atoms with van der Waals surface area (Å²) in [5.41, 5.74) is 1.56. The normalized spacial score (nSPS) is 10.6. The number of carbonyl (C=O) groups is 2. The van der Waals surface area contributed by atoms with Crippen LogP contribution in [0.5, 0.6) is 0 Å². The van der Waals surface area contributed by atoms with Crippen LogP contribution < -0.4 is 5.32 Å². The van der Waals surface area contributed by atoms with Crippen molar-refractivity contribution in [3.63, 3.8) is 0 Å². The molecule has 6 heteroatoms. The van der Waals surface area contributed by atoms with Crippen molar-refractivity contribution in [1.82, 2.24) is 0 Å². The molecular formula is C18H13BrN2O3. The minimum absolute atomic E-state index is 0.0409. The summed E-state index contributed by atoms with van der Waals surface area (Å²) in [5.74, 6) is -0.953. The molecule has 1 amide bonds. The van der Waals surface area contributed by atoms with Gasteiger partial charge in [-0.1, -0.05) is 34.1 Å². The van der Waals surface area contributed by atoms with E-state index in [0.29, 0.717) is 16.8 Å². The number of rotatable bonds is 4. The Morgan fingerprint density at radius 2 is 1.92 bits per heavy atom. The Morgan fingerprint density at radius 3 is 2.50 bits per heavy atom. The molecule has 0 atom stereocenters. The first-order valence-electron chi connectivity index (χ1n) is 6.90. The predicted molar refractivity (Wildman–Crippen MR) is 94.1 cm³/mol. The van der Waals surface area contributed by atoms with E-state index in [1.165, 1.54) is 13.2 Å². The lowest BCUT2D eigenvalue weighted by atomic mass is 10.1. The van der Waals surface area contributed by atoms with Crippen molar-refractivity contribution < 1.29 is 14.3 Å². The second-order valence-electron chi connectivity index (χ2n) is 4.75. The zero-order valence-electron chi connectivity index (χ0n) is 12.7. The number of hydrogen-bond acceptors (Lipinski definition) is 4. The van der Waals surface area contributed by atoms with Gasteiger partial charge >= 0.3 is 5.97 Å². The van der Waals surface area contributed by atoms with Gasteiger partial charge < -0.3 is 10.1 Å². The average Bonchev–Trinajstić information content (AvgIpc) is 2.59. The fourth-order valence-corrected chi connectivity index (χ4v) is 2.31. The number of anilines is 1. The number of nitrogens with zero attached hydrogens (tertiary/aromatic N) is 1. The van der Waals surface area contributed by atoms with E-state index >= 15 is 0 Å². The van der Waals surface area contributed by atoms with Gasteiger partial charge in [-0.2, -0.15) is 5.26 Å². The molecule has 0 bridgehead atoms. The van der Waals surface area contributed by atoms with E-state index in [2.05, 4.69) is 26.0 Å². The van der Waals surface area contributed by atoms with Crippen LogP contribution in [0.25, 0.3) is 6.08 Å². The molecule has 0 saturated heterocycles. The van der Waals surface area contributed by atoms with E-state index in [1.807, 2.05) is 12.1 Å². The van der Waals surface area contributed by atoms with Gasteiger partial charge in [0.1, 0.15) is 11.6 Å². The van der Waals surface area contributed by atoms with Crippen LogP contribution in [0.2, 0.25) is 0 Å². The number of benzene rings is 2. The molecule has 0 aliphatic rings. The topological polar surface area (TPSA) is 79.2 Å². The van der Waals surface area contributed by atoms with Crippen LogP contribution >= 0.6 is 15.9 Å². The minimum Gasteiger partial charge on any atom is -0.465 e. The molecule has 0 spiro atoms. The maximum absolute atomic E-state index is 12.2. The van der Waals surface area contributed by atoms with E-state index in [4.69, 9.17) is 0 Å². The second-order valence-corrected chi connectivity index (χ2v) is 5.66. The molecule has 0 radical (unpaired) electrons. The van der Waals surface area contributed by atoms with Crippen LogP contribution in [0.1, 0.15) is 15.9 Å². The summed E-state index contributed by atoms with van der Waals surface area (Å²) in [6, 6.07) is 15.4. The lowest BCUT2D eigenvalue weighted by Crippen LogP contribution is -2.13. The van der Waals surface area contributed by atoms with Crippen LogP contribution in [0.15, 0.2) is 58.6 Å². The van der Waals surface area contributed by atoms with E-state index in [9.17, 15) is 14.9 Å². The second kappa shape index (κ2) is 8.09. The molecule has 2 rings (SSSR count). The fourth-order valence-electron chi connectivity index (χ4n) is 1.91. The number of hydrogen-bond donors (Lipinski definition) is 1. The highest BCUT2D eigenvalue weighted by molar-refractivity contribution is 9.10. The smallest absolute Gasteiger partial charge is 0.337 e. The molecule has 0 heterocycles. The van der Waals surface area contributed by atoms with Gasteiger partial charge in [0, 0.05) is 10.2 Å². The quantitative estimate of drug-likeness (QED) is 0.494. The summed E-state index contributed by atoms with van der Waals surface area (Å²) in [6.07, 6.45) is 1.45. The first-order chi connectivity index (χ1) is 11.5. The van der Waals surface area contributed by atoms with E-state index < -0.39 is 11.9 Å². The van der Waals surface area contributed by atoms with Gasteiger partial charge in [-0.3, -0.25) is 4.79 Å². The summed E-state index contributed by atoms with van der Waals surface area (Å²) in [7, 11) is 1.30. The molecule has 24 heavy (non-hydrogen) atoms. The van der Waals surface area contributed by atoms with Gasteiger partial charge in [-0.05, 0) is 42.0 Å². The highest BCUT2D eigenvalue weighted by Crippen LogP contribution is 2.17. The van der Waals surface area contributed by atoms with Crippen molar-refractivity contribution >= 4 is 39.6 Å². The number of carbonyl (C=O) groups excluding carboxylic acids is 2. The maximum atomic E-state index is 12.2. The Morgan fingerprint density at radius 1 is 1.21 bits per heavy atom. The lowest BCUT2D eigenvalue weighted by Gasteiger charge is -2.05. The van der Waals surface area contributed by atoms with Crippen molar-refractivity contribution in [2.45, 2.75) is 0 Å². The number of nitrogens with one attached hydrogen (secondary N) is 1. The molecule has 0 saturated carbocycles. The maximum Gasteiger partial charge on any atom is 0.337 e. The number of methoxy groups -OCH3 is 1. The van der Waals surface area contributed by atoms with Crippen molar-refractivity contribution in [2.24, 2.45) is 0 Å². The van der Waals surface area contributed by atoms with Gasteiger partial charge in [0.25, 0.3) is 5.91 Å². The Bertz CT molecular complexity index is 836. The van der Waals surface area contributed by atoms with E-state index in [0.717, 1.165) is 4.47 Å². The molecule has 0 aromatic heterocycles.